The van der Waals surface area contributed by atoms with Gasteiger partial charge in [0.25, 0.3) is 0 Å². The van der Waals surface area contributed by atoms with Crippen LogP contribution < -0.4 is 0 Å². The van der Waals surface area contributed by atoms with Gasteiger partial charge in [-0.2, -0.15) is 16.9 Å². The zero-order chi connectivity index (χ0) is 18.9. The lowest BCUT2D eigenvalue weighted by molar-refractivity contribution is -0.127. The minimum atomic E-state index is -0.265. The van der Waals surface area contributed by atoms with Crippen molar-refractivity contribution in [3.8, 4) is 11.3 Å². The third-order valence-electron chi connectivity index (χ3n) is 4.18. The normalized spacial score (nSPS) is 11.1. The quantitative estimate of drug-likeness (QED) is 0.625. The maximum atomic E-state index is 13.3. The van der Waals surface area contributed by atoms with Gasteiger partial charge in [0, 0.05) is 24.8 Å². The van der Waals surface area contributed by atoms with Crippen molar-refractivity contribution in [1.82, 2.24) is 15.1 Å². The molecule has 0 aliphatic rings. The van der Waals surface area contributed by atoms with Crippen LogP contribution in [-0.4, -0.2) is 46.1 Å². The Labute approximate surface area is 159 Å². The first-order valence-corrected chi connectivity index (χ1v) is 10.2. The molecule has 0 saturated heterocycles. The topological polar surface area (TPSA) is 49.0 Å². The molecule has 0 bridgehead atoms. The predicted molar refractivity (Wildman–Crippen MR) is 107 cm³/mol. The maximum absolute atomic E-state index is 13.3. The van der Waals surface area contributed by atoms with E-state index in [1.807, 2.05) is 19.2 Å². The number of thioether (sulfide) groups is 1. The fourth-order valence-corrected chi connectivity index (χ4v) is 3.68. The van der Waals surface area contributed by atoms with E-state index in [1.54, 1.807) is 22.7 Å². The Morgan fingerprint density at radius 1 is 1.35 bits per heavy atom. The van der Waals surface area contributed by atoms with Gasteiger partial charge in [-0.15, -0.1) is 0 Å². The van der Waals surface area contributed by atoms with E-state index in [-0.39, 0.29) is 11.7 Å². The van der Waals surface area contributed by atoms with Gasteiger partial charge >= 0.3 is 0 Å². The number of amides is 1. The van der Waals surface area contributed by atoms with E-state index >= 15 is 0 Å². The molecule has 0 spiro atoms. The molecule has 1 aromatic heterocycles. The number of nitrogens with zero attached hydrogens (tertiary/aromatic N) is 2. The highest BCUT2D eigenvalue weighted by atomic mass is 32.2. The third kappa shape index (κ3) is 6.83. The van der Waals surface area contributed by atoms with Crippen molar-refractivity contribution < 1.29 is 9.18 Å². The molecule has 1 heterocycles. The summed E-state index contributed by atoms with van der Waals surface area (Å²) in [5.74, 6) is 2.19. The van der Waals surface area contributed by atoms with Crippen LogP contribution in [0.4, 0.5) is 4.39 Å². The zero-order valence-corrected chi connectivity index (χ0v) is 16.6. The molecule has 2 aromatic rings. The van der Waals surface area contributed by atoms with Gasteiger partial charge < -0.3 is 4.90 Å². The lowest BCUT2D eigenvalue weighted by Crippen LogP contribution is -2.29. The van der Waals surface area contributed by atoms with Crippen molar-refractivity contribution in [2.45, 2.75) is 33.1 Å². The van der Waals surface area contributed by atoms with E-state index in [1.165, 1.54) is 12.1 Å². The van der Waals surface area contributed by atoms with Crippen LogP contribution >= 0.6 is 11.8 Å². The fourth-order valence-electron chi connectivity index (χ4n) is 2.51. The highest BCUT2D eigenvalue weighted by Gasteiger charge is 2.10. The molecule has 6 heteroatoms. The Hall–Kier alpha value is -1.82. The van der Waals surface area contributed by atoms with Crippen molar-refractivity contribution >= 4 is 17.7 Å². The fraction of sp³-hybridized carbons (Fsp3) is 0.500. The summed E-state index contributed by atoms with van der Waals surface area (Å²) in [6.45, 7) is 5.12. The van der Waals surface area contributed by atoms with E-state index in [9.17, 15) is 9.18 Å². The van der Waals surface area contributed by atoms with Crippen molar-refractivity contribution in [3.05, 3.63) is 41.8 Å². The van der Waals surface area contributed by atoms with Gasteiger partial charge in [0.15, 0.2) is 0 Å². The summed E-state index contributed by atoms with van der Waals surface area (Å²) in [6, 6.07) is 8.36. The molecule has 142 valence electrons. The molecule has 0 fully saturated rings. The molecule has 26 heavy (non-hydrogen) atoms. The maximum Gasteiger partial charge on any atom is 0.232 e. The first-order chi connectivity index (χ1) is 12.5. The summed E-state index contributed by atoms with van der Waals surface area (Å²) in [6.07, 6.45) is 2.82. The van der Waals surface area contributed by atoms with Gasteiger partial charge in [0.2, 0.25) is 5.91 Å². The largest absolute Gasteiger partial charge is 0.345 e. The zero-order valence-electron chi connectivity index (χ0n) is 15.8. The van der Waals surface area contributed by atoms with Gasteiger partial charge in [-0.1, -0.05) is 26.0 Å². The summed E-state index contributed by atoms with van der Waals surface area (Å²) >= 11 is 1.71. The van der Waals surface area contributed by atoms with Crippen LogP contribution in [0.5, 0.6) is 0 Å². The summed E-state index contributed by atoms with van der Waals surface area (Å²) in [7, 11) is 1.86. The van der Waals surface area contributed by atoms with Crippen LogP contribution in [0.3, 0.4) is 0 Å². The second kappa shape index (κ2) is 10.4. The second-order valence-corrected chi connectivity index (χ2v) is 8.05. The van der Waals surface area contributed by atoms with Gasteiger partial charge in [0.05, 0.1) is 11.4 Å². The van der Waals surface area contributed by atoms with Crippen LogP contribution in [0.2, 0.25) is 0 Å². The number of carbonyl (C=O) groups is 1. The van der Waals surface area contributed by atoms with Crippen molar-refractivity contribution in [2.24, 2.45) is 5.92 Å². The van der Waals surface area contributed by atoms with Crippen LogP contribution in [0, 0.1) is 11.7 Å². The first kappa shape index (κ1) is 20.5. The Morgan fingerprint density at radius 3 is 2.88 bits per heavy atom. The summed E-state index contributed by atoms with van der Waals surface area (Å²) < 4.78 is 13.3. The second-order valence-electron chi connectivity index (χ2n) is 6.94. The Morgan fingerprint density at radius 2 is 2.15 bits per heavy atom. The lowest BCUT2D eigenvalue weighted by Gasteiger charge is -2.16. The summed E-state index contributed by atoms with van der Waals surface area (Å²) in [4.78, 5) is 13.9. The number of benzene rings is 1. The highest BCUT2D eigenvalue weighted by molar-refractivity contribution is 7.99. The molecule has 0 aliphatic carbocycles. The van der Waals surface area contributed by atoms with E-state index in [4.69, 9.17) is 0 Å². The minimum absolute atomic E-state index is 0.184. The molecule has 1 aromatic carbocycles. The van der Waals surface area contributed by atoms with E-state index in [0.29, 0.717) is 11.7 Å². The number of halogens is 1. The Balaban J connectivity index is 1.71. The minimum Gasteiger partial charge on any atom is -0.345 e. The summed E-state index contributed by atoms with van der Waals surface area (Å²) in [5.41, 5.74) is 2.50. The number of H-pyrrole nitrogens is 1. The molecule has 0 radical (unpaired) electrons. The molecule has 0 atom stereocenters. The molecule has 1 amide bonds. The van der Waals surface area contributed by atoms with Crippen LogP contribution in [-0.2, 0) is 11.2 Å². The number of hydrogen-bond donors (Lipinski definition) is 1. The summed E-state index contributed by atoms with van der Waals surface area (Å²) in [5, 5.41) is 7.25. The van der Waals surface area contributed by atoms with E-state index < -0.39 is 0 Å². The highest BCUT2D eigenvalue weighted by Crippen LogP contribution is 2.19. The molecular weight excluding hydrogens is 349 g/mol. The Kier molecular flexibility index (Phi) is 8.16. The average molecular weight is 378 g/mol. The molecule has 4 nitrogen and oxygen atoms in total. The SMILES string of the molecule is CC(C)CCSCC(=O)N(C)CCCc1cc(-c2cccc(F)c2)n[nH]1. The molecule has 0 aliphatic heterocycles. The molecule has 0 unspecified atom stereocenters. The third-order valence-corrected chi connectivity index (χ3v) is 5.16. The first-order valence-electron chi connectivity index (χ1n) is 9.07. The number of hydrogen-bond acceptors (Lipinski definition) is 3. The lowest BCUT2D eigenvalue weighted by atomic mass is 10.1. The molecule has 0 saturated carbocycles. The van der Waals surface area contributed by atoms with Crippen molar-refractivity contribution in [3.63, 3.8) is 0 Å². The van der Waals surface area contributed by atoms with Gasteiger partial charge in [-0.3, -0.25) is 9.89 Å². The van der Waals surface area contributed by atoms with Crippen LogP contribution in [0.15, 0.2) is 30.3 Å². The smallest absolute Gasteiger partial charge is 0.232 e. The Bertz CT molecular complexity index is 702. The van der Waals surface area contributed by atoms with Crippen molar-refractivity contribution in [2.75, 3.05) is 25.1 Å². The average Bonchev–Trinajstić information content (AvgIpc) is 3.07. The monoisotopic (exact) mass is 377 g/mol. The van der Waals surface area contributed by atoms with Gasteiger partial charge in [0.1, 0.15) is 5.82 Å². The van der Waals surface area contributed by atoms with Crippen LogP contribution in [0.25, 0.3) is 11.3 Å². The molecule has 1 N–H and O–H groups in total. The standard InChI is InChI=1S/C20H28FN3OS/c1-15(2)9-11-26-14-20(25)24(3)10-5-8-18-13-19(23-22-18)16-6-4-7-17(21)12-16/h4,6-7,12-13,15H,5,8-11,14H2,1-3H3,(H,22,23). The number of nitrogens with one attached hydrogen (secondary N) is 1. The predicted octanol–water partition coefficient (Wildman–Crippen LogP) is 4.39. The molecular formula is C20H28FN3OS. The number of aromatic nitrogens is 2. The number of rotatable bonds is 10. The van der Waals surface area contributed by atoms with Gasteiger partial charge in [-0.05, 0) is 49.1 Å². The number of carbonyl (C=O) groups excluding carboxylic acids is 1. The van der Waals surface area contributed by atoms with E-state index in [0.717, 1.165) is 48.5 Å². The van der Waals surface area contributed by atoms with Crippen LogP contribution in [0.1, 0.15) is 32.4 Å². The number of aryl methyl sites for hydroxylation is 1. The van der Waals surface area contributed by atoms with E-state index in [2.05, 4.69) is 24.0 Å². The van der Waals surface area contributed by atoms with Gasteiger partial charge in [-0.25, -0.2) is 4.39 Å². The molecule has 2 rings (SSSR count). The number of aromatic amines is 1. The van der Waals surface area contributed by atoms with Crippen molar-refractivity contribution in [1.29, 1.82) is 0 Å².